The third-order valence-corrected chi connectivity index (χ3v) is 1.56. The van der Waals surface area contributed by atoms with Crippen molar-refractivity contribution in [3.05, 3.63) is 33.9 Å². The van der Waals surface area contributed by atoms with E-state index < -0.39 is 4.92 Å². The Labute approximate surface area is 70.4 Å². The second-order valence-corrected chi connectivity index (χ2v) is 2.56. The molecule has 1 N–H and O–H groups in total. The van der Waals surface area contributed by atoms with Gasteiger partial charge in [0.05, 0.1) is 4.92 Å². The summed E-state index contributed by atoms with van der Waals surface area (Å²) in [7, 11) is 1.73. The van der Waals surface area contributed by atoms with Crippen molar-refractivity contribution in [2.24, 2.45) is 0 Å². The molecule has 0 unspecified atom stereocenters. The lowest BCUT2D eigenvalue weighted by molar-refractivity contribution is -0.384. The van der Waals surface area contributed by atoms with Crippen LogP contribution >= 0.6 is 0 Å². The van der Waals surface area contributed by atoms with Crippen molar-refractivity contribution in [2.75, 3.05) is 12.4 Å². The highest BCUT2D eigenvalue weighted by Gasteiger charge is 2.06. The van der Waals surface area contributed by atoms with Crippen molar-refractivity contribution < 1.29 is 4.92 Å². The summed E-state index contributed by atoms with van der Waals surface area (Å²) in [6, 6.07) is 4.90. The molecule has 4 heteroatoms. The van der Waals surface area contributed by atoms with Crippen molar-refractivity contribution >= 4 is 11.4 Å². The van der Waals surface area contributed by atoms with Gasteiger partial charge in [-0.05, 0) is 18.6 Å². The molecule has 1 aromatic carbocycles. The number of non-ortho nitro benzene ring substituents is 1. The number of rotatable bonds is 2. The summed E-state index contributed by atoms with van der Waals surface area (Å²) >= 11 is 0. The largest absolute Gasteiger partial charge is 0.388 e. The molecule has 0 aromatic heterocycles. The first-order valence-electron chi connectivity index (χ1n) is 3.57. The second kappa shape index (κ2) is 3.21. The first kappa shape index (κ1) is 8.52. The molecule has 0 aliphatic heterocycles. The van der Waals surface area contributed by atoms with Crippen LogP contribution in [0.2, 0.25) is 0 Å². The van der Waals surface area contributed by atoms with Crippen molar-refractivity contribution in [3.63, 3.8) is 0 Å². The fourth-order valence-electron chi connectivity index (χ4n) is 1.01. The van der Waals surface area contributed by atoms with Crippen molar-refractivity contribution in [2.45, 2.75) is 6.92 Å². The van der Waals surface area contributed by atoms with E-state index >= 15 is 0 Å². The number of hydrogen-bond donors (Lipinski definition) is 1. The zero-order valence-corrected chi connectivity index (χ0v) is 7.00. The predicted molar refractivity (Wildman–Crippen MR) is 47.4 cm³/mol. The molecule has 0 saturated heterocycles. The molecule has 0 heterocycles. The van der Waals surface area contributed by atoms with Crippen LogP contribution in [-0.4, -0.2) is 12.0 Å². The molecule has 4 nitrogen and oxygen atoms in total. The lowest BCUT2D eigenvalue weighted by Gasteiger charge is -2.00. The smallest absolute Gasteiger partial charge is 0.271 e. The number of nitrogens with one attached hydrogen (secondary N) is 1. The number of hydrogen-bond acceptors (Lipinski definition) is 3. The molecule has 1 rings (SSSR count). The van der Waals surface area contributed by atoms with Gasteiger partial charge in [-0.3, -0.25) is 10.1 Å². The fourth-order valence-corrected chi connectivity index (χ4v) is 1.01. The molecule has 64 valence electrons. The van der Waals surface area contributed by atoms with E-state index in [1.165, 1.54) is 6.07 Å². The Morgan fingerprint density at radius 1 is 1.42 bits per heavy atom. The average Bonchev–Trinajstić information content (AvgIpc) is 2.03. The number of anilines is 1. The van der Waals surface area contributed by atoms with Crippen LogP contribution in [-0.2, 0) is 0 Å². The SMILES string of the molecule is CNc1cc(C)cc([N+](=O)[O-])c1. The Kier molecular flexibility index (Phi) is 2.28. The number of nitro benzene ring substituents is 1. The van der Waals surface area contributed by atoms with Gasteiger partial charge in [0, 0.05) is 24.9 Å². The zero-order valence-electron chi connectivity index (χ0n) is 7.00. The van der Waals surface area contributed by atoms with E-state index in [0.29, 0.717) is 0 Å². The van der Waals surface area contributed by atoms with Crippen LogP contribution in [0.5, 0.6) is 0 Å². The van der Waals surface area contributed by atoms with Gasteiger partial charge in [0.25, 0.3) is 5.69 Å². The molecule has 0 amide bonds. The van der Waals surface area contributed by atoms with E-state index in [1.54, 1.807) is 13.1 Å². The molecule has 0 atom stereocenters. The van der Waals surface area contributed by atoms with Gasteiger partial charge < -0.3 is 5.32 Å². The monoisotopic (exact) mass is 166 g/mol. The lowest BCUT2D eigenvalue weighted by atomic mass is 10.2. The maximum atomic E-state index is 10.4. The summed E-state index contributed by atoms with van der Waals surface area (Å²) in [5.41, 5.74) is 1.77. The molecule has 0 aliphatic carbocycles. The average molecular weight is 166 g/mol. The van der Waals surface area contributed by atoms with Crippen LogP contribution < -0.4 is 5.32 Å². The minimum atomic E-state index is -0.395. The predicted octanol–water partition coefficient (Wildman–Crippen LogP) is 1.94. The van der Waals surface area contributed by atoms with Gasteiger partial charge in [0.15, 0.2) is 0 Å². The Hall–Kier alpha value is -1.58. The zero-order chi connectivity index (χ0) is 9.14. The summed E-state index contributed by atoms with van der Waals surface area (Å²) in [5.74, 6) is 0. The standard InChI is InChI=1S/C8H10N2O2/c1-6-3-7(9-2)5-8(4-6)10(11)12/h3-5,9H,1-2H3. The summed E-state index contributed by atoms with van der Waals surface area (Å²) < 4.78 is 0. The Morgan fingerprint density at radius 2 is 2.08 bits per heavy atom. The van der Waals surface area contributed by atoms with E-state index in [0.717, 1.165) is 11.3 Å². The number of aryl methyl sites for hydroxylation is 1. The summed E-state index contributed by atoms with van der Waals surface area (Å²) in [6.07, 6.45) is 0. The minimum Gasteiger partial charge on any atom is -0.388 e. The van der Waals surface area contributed by atoms with Crippen molar-refractivity contribution in [1.29, 1.82) is 0 Å². The van der Waals surface area contributed by atoms with Crippen molar-refractivity contribution in [3.8, 4) is 0 Å². The van der Waals surface area contributed by atoms with Gasteiger partial charge in [-0.2, -0.15) is 0 Å². The van der Waals surface area contributed by atoms with Crippen LogP contribution in [0.1, 0.15) is 5.56 Å². The third kappa shape index (κ3) is 1.72. The van der Waals surface area contributed by atoms with Gasteiger partial charge in [0.1, 0.15) is 0 Å². The van der Waals surface area contributed by atoms with E-state index in [-0.39, 0.29) is 5.69 Å². The van der Waals surface area contributed by atoms with Crippen LogP contribution in [0.25, 0.3) is 0 Å². The Balaban J connectivity index is 3.15. The molecule has 0 bridgehead atoms. The Bertz CT molecular complexity index is 310. The maximum absolute atomic E-state index is 10.4. The van der Waals surface area contributed by atoms with E-state index in [4.69, 9.17) is 0 Å². The van der Waals surface area contributed by atoms with Gasteiger partial charge in [-0.15, -0.1) is 0 Å². The van der Waals surface area contributed by atoms with Crippen LogP contribution in [0, 0.1) is 17.0 Å². The highest BCUT2D eigenvalue weighted by molar-refractivity contribution is 5.53. The summed E-state index contributed by atoms with van der Waals surface area (Å²) in [6.45, 7) is 1.83. The Morgan fingerprint density at radius 3 is 2.58 bits per heavy atom. The van der Waals surface area contributed by atoms with Crippen LogP contribution in [0.3, 0.4) is 0 Å². The molecule has 0 aliphatic rings. The molecule has 0 spiro atoms. The molecular formula is C8H10N2O2. The van der Waals surface area contributed by atoms with Gasteiger partial charge in [-0.25, -0.2) is 0 Å². The number of benzene rings is 1. The van der Waals surface area contributed by atoms with E-state index in [1.807, 2.05) is 13.0 Å². The maximum Gasteiger partial charge on any atom is 0.271 e. The lowest BCUT2D eigenvalue weighted by Crippen LogP contribution is -1.93. The molecule has 0 saturated carbocycles. The molecule has 12 heavy (non-hydrogen) atoms. The quantitative estimate of drug-likeness (QED) is 0.539. The topological polar surface area (TPSA) is 55.2 Å². The van der Waals surface area contributed by atoms with Gasteiger partial charge in [0.2, 0.25) is 0 Å². The van der Waals surface area contributed by atoms with Crippen LogP contribution in [0.15, 0.2) is 18.2 Å². The van der Waals surface area contributed by atoms with Gasteiger partial charge in [-0.1, -0.05) is 0 Å². The highest BCUT2D eigenvalue weighted by Crippen LogP contribution is 2.19. The fraction of sp³-hybridized carbons (Fsp3) is 0.250. The third-order valence-electron chi connectivity index (χ3n) is 1.56. The summed E-state index contributed by atoms with van der Waals surface area (Å²) in [5, 5.41) is 13.3. The number of nitro groups is 1. The summed E-state index contributed by atoms with van der Waals surface area (Å²) in [4.78, 5) is 10.0. The molecular weight excluding hydrogens is 156 g/mol. The minimum absolute atomic E-state index is 0.124. The normalized spacial score (nSPS) is 9.50. The van der Waals surface area contributed by atoms with E-state index in [2.05, 4.69) is 5.32 Å². The molecule has 0 radical (unpaired) electrons. The van der Waals surface area contributed by atoms with Gasteiger partial charge >= 0.3 is 0 Å². The second-order valence-electron chi connectivity index (χ2n) is 2.56. The molecule has 0 fully saturated rings. The highest BCUT2D eigenvalue weighted by atomic mass is 16.6. The van der Waals surface area contributed by atoms with Crippen molar-refractivity contribution in [1.82, 2.24) is 0 Å². The van der Waals surface area contributed by atoms with Crippen LogP contribution in [0.4, 0.5) is 11.4 Å². The number of nitrogens with zero attached hydrogens (tertiary/aromatic N) is 1. The first-order valence-corrected chi connectivity index (χ1v) is 3.57. The van der Waals surface area contributed by atoms with E-state index in [9.17, 15) is 10.1 Å². The molecule has 1 aromatic rings. The first-order chi connectivity index (χ1) is 5.63.